The van der Waals surface area contributed by atoms with Gasteiger partial charge in [0.2, 0.25) is 0 Å². The molecule has 4 rings (SSSR count). The Hall–Kier alpha value is -1.17. The van der Waals surface area contributed by atoms with Crippen molar-refractivity contribution in [1.29, 1.82) is 0 Å². The second kappa shape index (κ2) is 7.93. The van der Waals surface area contributed by atoms with Gasteiger partial charge >= 0.3 is 5.97 Å². The Kier molecular flexibility index (Phi) is 5.99. The molecule has 5 nitrogen and oxygen atoms in total. The summed E-state index contributed by atoms with van der Waals surface area (Å²) in [6.45, 7) is 21.3. The number of aliphatic hydroxyl groups is 2. The zero-order chi connectivity index (χ0) is 24.6. The number of carbonyl (C=O) groups is 1. The third-order valence-electron chi connectivity index (χ3n) is 10.0. The van der Waals surface area contributed by atoms with E-state index in [4.69, 9.17) is 9.47 Å². The molecule has 0 aromatic rings. The SMILES string of the molecule is C=C1C(=C)[C@]23[C@H](C)[C@H]1C[C@H](O)[C@H]2[C@]1(COC(=O)CC)CCCC(C)(C)[C@H]1C[C@H]3OC(C)(C)O. The second-order valence-electron chi connectivity index (χ2n) is 12.5. The molecule has 0 aliphatic heterocycles. The highest BCUT2D eigenvalue weighted by molar-refractivity contribution is 5.68. The topological polar surface area (TPSA) is 76.0 Å². The predicted octanol–water partition coefficient (Wildman–Crippen LogP) is 5.02. The molecule has 0 radical (unpaired) electrons. The number of ether oxygens (including phenoxy) is 2. The minimum absolute atomic E-state index is 0.00353. The molecule has 33 heavy (non-hydrogen) atoms. The fourth-order valence-corrected chi connectivity index (χ4v) is 8.90. The van der Waals surface area contributed by atoms with Crippen LogP contribution in [0.15, 0.2) is 24.3 Å². The molecule has 0 aromatic carbocycles. The molecule has 8 atom stereocenters. The van der Waals surface area contributed by atoms with Crippen LogP contribution in [0.2, 0.25) is 0 Å². The number of aliphatic hydroxyl groups excluding tert-OH is 1. The van der Waals surface area contributed by atoms with Crippen molar-refractivity contribution >= 4 is 5.97 Å². The van der Waals surface area contributed by atoms with Crippen LogP contribution in [-0.4, -0.2) is 40.8 Å². The lowest BCUT2D eigenvalue weighted by molar-refractivity contribution is -0.304. The highest BCUT2D eigenvalue weighted by Crippen LogP contribution is 2.75. The minimum Gasteiger partial charge on any atom is -0.465 e. The summed E-state index contributed by atoms with van der Waals surface area (Å²) in [5, 5.41) is 22.6. The van der Waals surface area contributed by atoms with E-state index >= 15 is 0 Å². The van der Waals surface area contributed by atoms with Gasteiger partial charge in [0.25, 0.3) is 0 Å². The molecule has 0 amide bonds. The summed E-state index contributed by atoms with van der Waals surface area (Å²) in [6.07, 6.45) is 3.91. The summed E-state index contributed by atoms with van der Waals surface area (Å²) in [6, 6.07) is 0. The number of rotatable bonds is 5. The Morgan fingerprint density at radius 1 is 1.21 bits per heavy atom. The van der Waals surface area contributed by atoms with Crippen molar-refractivity contribution < 1.29 is 24.5 Å². The third-order valence-corrected chi connectivity index (χ3v) is 10.0. The first-order valence-corrected chi connectivity index (χ1v) is 12.8. The van der Waals surface area contributed by atoms with Gasteiger partial charge in [0.05, 0.1) is 18.8 Å². The highest BCUT2D eigenvalue weighted by atomic mass is 16.6. The van der Waals surface area contributed by atoms with Crippen LogP contribution in [0.1, 0.15) is 80.1 Å². The van der Waals surface area contributed by atoms with Crippen LogP contribution in [0, 0.1) is 39.9 Å². The molecule has 4 aliphatic rings. The number of esters is 1. The average Bonchev–Trinajstić information content (AvgIpc) is 2.82. The molecule has 0 heterocycles. The van der Waals surface area contributed by atoms with Gasteiger partial charge in [-0.1, -0.05) is 47.3 Å². The molecule has 4 fully saturated rings. The van der Waals surface area contributed by atoms with Gasteiger partial charge in [-0.2, -0.15) is 0 Å². The van der Waals surface area contributed by atoms with Crippen molar-refractivity contribution in [2.45, 2.75) is 98.1 Å². The Balaban J connectivity index is 1.93. The second-order valence-corrected chi connectivity index (χ2v) is 12.5. The largest absolute Gasteiger partial charge is 0.465 e. The van der Waals surface area contributed by atoms with Crippen molar-refractivity contribution in [3.63, 3.8) is 0 Å². The van der Waals surface area contributed by atoms with Crippen molar-refractivity contribution in [1.82, 2.24) is 0 Å². The molecule has 186 valence electrons. The van der Waals surface area contributed by atoms with E-state index in [0.29, 0.717) is 19.4 Å². The molecule has 4 aliphatic carbocycles. The zero-order valence-electron chi connectivity index (χ0n) is 21.4. The van der Waals surface area contributed by atoms with Crippen LogP contribution in [0.3, 0.4) is 0 Å². The first kappa shape index (κ1) is 24.9. The minimum atomic E-state index is -1.31. The van der Waals surface area contributed by atoms with Crippen LogP contribution in [0.5, 0.6) is 0 Å². The molecule has 2 bridgehead atoms. The van der Waals surface area contributed by atoms with Crippen molar-refractivity contribution in [3.8, 4) is 0 Å². The number of allylic oxidation sites excluding steroid dienone is 1. The molecule has 4 saturated carbocycles. The summed E-state index contributed by atoms with van der Waals surface area (Å²) >= 11 is 0. The Bertz CT molecular complexity index is 838. The number of fused-ring (bicyclic) bond motifs is 3. The van der Waals surface area contributed by atoms with E-state index in [1.54, 1.807) is 13.8 Å². The number of hydrogen-bond donors (Lipinski definition) is 2. The summed E-state index contributed by atoms with van der Waals surface area (Å²) in [7, 11) is 0. The lowest BCUT2D eigenvalue weighted by Gasteiger charge is -2.68. The molecule has 1 spiro atoms. The maximum atomic E-state index is 12.3. The van der Waals surface area contributed by atoms with Gasteiger partial charge in [0.15, 0.2) is 5.79 Å². The smallest absolute Gasteiger partial charge is 0.305 e. The van der Waals surface area contributed by atoms with E-state index in [-0.39, 0.29) is 46.6 Å². The lowest BCUT2D eigenvalue weighted by Crippen LogP contribution is -2.69. The Morgan fingerprint density at radius 3 is 2.48 bits per heavy atom. The van der Waals surface area contributed by atoms with E-state index in [0.717, 1.165) is 36.8 Å². The monoisotopic (exact) mass is 460 g/mol. The van der Waals surface area contributed by atoms with Gasteiger partial charge in [0.1, 0.15) is 0 Å². The van der Waals surface area contributed by atoms with E-state index in [9.17, 15) is 15.0 Å². The first-order chi connectivity index (χ1) is 15.2. The summed E-state index contributed by atoms with van der Waals surface area (Å²) in [5.41, 5.74) is 1.08. The van der Waals surface area contributed by atoms with Crippen LogP contribution < -0.4 is 0 Å². The highest BCUT2D eigenvalue weighted by Gasteiger charge is 2.74. The summed E-state index contributed by atoms with van der Waals surface area (Å²) in [4.78, 5) is 12.3. The van der Waals surface area contributed by atoms with Gasteiger partial charge in [-0.25, -0.2) is 0 Å². The molecule has 0 aromatic heterocycles. The molecule has 5 heteroatoms. The lowest BCUT2D eigenvalue weighted by atomic mass is 9.37. The van der Waals surface area contributed by atoms with Gasteiger partial charge in [0, 0.05) is 23.2 Å². The fraction of sp³-hybridized carbons (Fsp3) is 0.821. The predicted molar refractivity (Wildman–Crippen MR) is 128 cm³/mol. The zero-order valence-corrected chi connectivity index (χ0v) is 21.4. The standard InChI is InChI=1S/C28H44O5/c1-9-23(30)32-15-27-12-10-11-25(5,6)21(27)14-22(33-26(7,8)31)28-17(3)16(2)19(18(28)4)13-20(29)24(27)28/h18-22,24,29,31H,2-3,9-15H2,1,4-8H3/t18-,19+,20+,21-,22-,24+,27+,28-/m1/s1. The Labute approximate surface area is 199 Å². The maximum Gasteiger partial charge on any atom is 0.305 e. The molecule has 0 unspecified atom stereocenters. The van der Waals surface area contributed by atoms with Crippen molar-refractivity contribution in [3.05, 3.63) is 24.3 Å². The summed E-state index contributed by atoms with van der Waals surface area (Å²) in [5.74, 6) is -1.15. The van der Waals surface area contributed by atoms with Crippen LogP contribution in [-0.2, 0) is 14.3 Å². The number of hydrogen-bond acceptors (Lipinski definition) is 5. The van der Waals surface area contributed by atoms with E-state index < -0.39 is 17.3 Å². The van der Waals surface area contributed by atoms with Crippen molar-refractivity contribution in [2.75, 3.05) is 6.61 Å². The van der Waals surface area contributed by atoms with Crippen LogP contribution >= 0.6 is 0 Å². The third kappa shape index (κ3) is 3.48. The Morgan fingerprint density at radius 2 is 1.88 bits per heavy atom. The quantitative estimate of drug-likeness (QED) is 0.445. The molecule has 0 saturated heterocycles. The van der Waals surface area contributed by atoms with Crippen LogP contribution in [0.4, 0.5) is 0 Å². The van der Waals surface area contributed by atoms with Gasteiger partial charge in [-0.15, -0.1) is 0 Å². The van der Waals surface area contributed by atoms with E-state index in [1.165, 1.54) is 0 Å². The number of carbonyl (C=O) groups excluding carboxylic acids is 1. The van der Waals surface area contributed by atoms with E-state index in [2.05, 4.69) is 33.9 Å². The van der Waals surface area contributed by atoms with Crippen LogP contribution in [0.25, 0.3) is 0 Å². The van der Waals surface area contributed by atoms with Gasteiger partial charge in [-0.05, 0) is 73.8 Å². The molecular formula is C28H44O5. The fourth-order valence-electron chi connectivity index (χ4n) is 8.90. The molecular weight excluding hydrogens is 416 g/mol. The maximum absolute atomic E-state index is 12.3. The normalized spacial score (nSPS) is 44.2. The first-order valence-electron chi connectivity index (χ1n) is 12.8. The van der Waals surface area contributed by atoms with E-state index in [1.807, 2.05) is 6.92 Å². The summed E-state index contributed by atoms with van der Waals surface area (Å²) < 4.78 is 12.4. The van der Waals surface area contributed by atoms with Gasteiger partial charge < -0.3 is 19.7 Å². The van der Waals surface area contributed by atoms with Crippen molar-refractivity contribution in [2.24, 2.45) is 39.9 Å². The average molecular weight is 461 g/mol. The molecule has 2 N–H and O–H groups in total. The van der Waals surface area contributed by atoms with Gasteiger partial charge in [-0.3, -0.25) is 4.79 Å².